The summed E-state index contributed by atoms with van der Waals surface area (Å²) in [6.45, 7) is 1.74. The molecule has 0 bridgehead atoms. The van der Waals surface area contributed by atoms with Crippen molar-refractivity contribution in [3.05, 3.63) is 27.7 Å². The number of phenols is 1. The Morgan fingerprint density at radius 3 is 2.73 bits per heavy atom. The van der Waals surface area contributed by atoms with Crippen molar-refractivity contribution in [2.45, 2.75) is 6.92 Å². The van der Waals surface area contributed by atoms with Gasteiger partial charge in [0.05, 0.1) is 0 Å². The number of hydrogen-bond acceptors (Lipinski definition) is 2. The van der Waals surface area contributed by atoms with Crippen molar-refractivity contribution in [3.8, 4) is 5.75 Å². The van der Waals surface area contributed by atoms with Gasteiger partial charge >= 0.3 is 0 Å². The number of aromatic hydroxyl groups is 1. The first-order valence-corrected chi connectivity index (χ1v) is 3.88. The van der Waals surface area contributed by atoms with Crippen LogP contribution in [0.15, 0.2) is 16.6 Å². The molecule has 0 radical (unpaired) electrons. The minimum atomic E-state index is 0.197. The largest absolute Gasteiger partial charge is 0.508 e. The fourth-order valence-corrected chi connectivity index (χ4v) is 1.21. The Bertz CT molecular complexity index is 294. The van der Waals surface area contributed by atoms with Crippen molar-refractivity contribution < 1.29 is 9.90 Å². The van der Waals surface area contributed by atoms with E-state index in [-0.39, 0.29) is 5.75 Å². The third kappa shape index (κ3) is 1.60. The highest BCUT2D eigenvalue weighted by atomic mass is 79.9. The third-order valence-electron chi connectivity index (χ3n) is 1.44. The number of halogens is 1. The molecule has 0 heterocycles. The summed E-state index contributed by atoms with van der Waals surface area (Å²) in [4.78, 5) is 10.4. The van der Waals surface area contributed by atoms with Crippen LogP contribution in [0.25, 0.3) is 0 Å². The van der Waals surface area contributed by atoms with Crippen molar-refractivity contribution in [1.82, 2.24) is 0 Å². The van der Waals surface area contributed by atoms with E-state index in [2.05, 4.69) is 15.9 Å². The molecular weight excluding hydrogens is 208 g/mol. The van der Waals surface area contributed by atoms with Crippen LogP contribution in [0, 0.1) is 6.92 Å². The second kappa shape index (κ2) is 3.05. The van der Waals surface area contributed by atoms with E-state index in [1.807, 2.05) is 0 Å². The predicted molar refractivity (Wildman–Crippen MR) is 45.9 cm³/mol. The fourth-order valence-electron chi connectivity index (χ4n) is 0.784. The Morgan fingerprint density at radius 2 is 2.18 bits per heavy atom. The Kier molecular flexibility index (Phi) is 2.29. The molecule has 1 N–H and O–H groups in total. The molecule has 1 rings (SSSR count). The summed E-state index contributed by atoms with van der Waals surface area (Å²) in [6.07, 6.45) is 0.747. The number of benzene rings is 1. The highest BCUT2D eigenvalue weighted by molar-refractivity contribution is 9.10. The summed E-state index contributed by atoms with van der Waals surface area (Å²) in [6, 6.07) is 3.14. The van der Waals surface area contributed by atoms with E-state index in [0.29, 0.717) is 15.6 Å². The van der Waals surface area contributed by atoms with Crippen molar-refractivity contribution in [3.63, 3.8) is 0 Å². The van der Waals surface area contributed by atoms with E-state index in [0.717, 1.165) is 6.29 Å². The van der Waals surface area contributed by atoms with Gasteiger partial charge in [0.1, 0.15) is 5.75 Å². The molecule has 0 aromatic heterocycles. The number of rotatable bonds is 1. The van der Waals surface area contributed by atoms with Gasteiger partial charge < -0.3 is 5.11 Å². The van der Waals surface area contributed by atoms with Gasteiger partial charge in [-0.2, -0.15) is 0 Å². The molecule has 3 heteroatoms. The maximum absolute atomic E-state index is 10.4. The topological polar surface area (TPSA) is 37.3 Å². The summed E-state index contributed by atoms with van der Waals surface area (Å²) in [7, 11) is 0. The molecule has 58 valence electrons. The van der Waals surface area contributed by atoms with Gasteiger partial charge in [0.2, 0.25) is 0 Å². The molecule has 0 spiro atoms. The molecule has 0 unspecified atom stereocenters. The van der Waals surface area contributed by atoms with Gasteiger partial charge in [0, 0.05) is 10.0 Å². The van der Waals surface area contributed by atoms with E-state index in [1.165, 1.54) is 6.07 Å². The molecule has 11 heavy (non-hydrogen) atoms. The lowest BCUT2D eigenvalue weighted by atomic mass is 10.1. The van der Waals surface area contributed by atoms with E-state index < -0.39 is 0 Å². The quantitative estimate of drug-likeness (QED) is 0.729. The first-order chi connectivity index (χ1) is 5.15. The SMILES string of the molecule is Cc1cc(C=O)c(Br)cc1O. The summed E-state index contributed by atoms with van der Waals surface area (Å²) in [5.74, 6) is 0.197. The average Bonchev–Trinajstić information content (AvgIpc) is 1.97. The zero-order valence-corrected chi connectivity index (χ0v) is 7.55. The highest BCUT2D eigenvalue weighted by Gasteiger charge is 2.02. The monoisotopic (exact) mass is 214 g/mol. The fraction of sp³-hybridized carbons (Fsp3) is 0.125. The van der Waals surface area contributed by atoms with Crippen LogP contribution in [0.3, 0.4) is 0 Å². The van der Waals surface area contributed by atoms with Gasteiger partial charge in [-0.25, -0.2) is 0 Å². The summed E-state index contributed by atoms with van der Waals surface area (Å²) in [5, 5.41) is 9.17. The number of carbonyl (C=O) groups excluding carboxylic acids is 1. The van der Waals surface area contributed by atoms with Crippen LogP contribution in [0.5, 0.6) is 5.75 Å². The summed E-state index contributed by atoms with van der Waals surface area (Å²) in [5.41, 5.74) is 1.26. The number of hydrogen-bond donors (Lipinski definition) is 1. The van der Waals surface area contributed by atoms with Gasteiger partial charge in [-0.1, -0.05) is 0 Å². The predicted octanol–water partition coefficient (Wildman–Crippen LogP) is 2.28. The van der Waals surface area contributed by atoms with Gasteiger partial charge in [0.15, 0.2) is 6.29 Å². The van der Waals surface area contributed by atoms with Gasteiger partial charge in [-0.15, -0.1) is 0 Å². The molecule has 2 nitrogen and oxygen atoms in total. The molecule has 0 aliphatic heterocycles. The molecule has 1 aromatic carbocycles. The second-order valence-electron chi connectivity index (χ2n) is 2.28. The van der Waals surface area contributed by atoms with E-state index in [4.69, 9.17) is 0 Å². The zero-order chi connectivity index (χ0) is 8.43. The van der Waals surface area contributed by atoms with Crippen LogP contribution < -0.4 is 0 Å². The first kappa shape index (κ1) is 8.27. The maximum atomic E-state index is 10.4. The lowest BCUT2D eigenvalue weighted by Gasteiger charge is -2.00. The Hall–Kier alpha value is -0.830. The Balaban J connectivity index is 3.31. The zero-order valence-electron chi connectivity index (χ0n) is 5.97. The van der Waals surface area contributed by atoms with Gasteiger partial charge in [0.25, 0.3) is 0 Å². The summed E-state index contributed by atoms with van der Waals surface area (Å²) < 4.78 is 0.621. The second-order valence-corrected chi connectivity index (χ2v) is 3.13. The smallest absolute Gasteiger partial charge is 0.151 e. The van der Waals surface area contributed by atoms with Crippen LogP contribution in [-0.2, 0) is 0 Å². The van der Waals surface area contributed by atoms with Crippen molar-refractivity contribution in [2.75, 3.05) is 0 Å². The number of carbonyl (C=O) groups is 1. The van der Waals surface area contributed by atoms with Gasteiger partial charge in [-0.05, 0) is 40.5 Å². The molecule has 0 saturated carbocycles. The lowest BCUT2D eigenvalue weighted by molar-refractivity contribution is 0.112. The lowest BCUT2D eigenvalue weighted by Crippen LogP contribution is -1.84. The molecule has 0 atom stereocenters. The van der Waals surface area contributed by atoms with Crippen molar-refractivity contribution in [2.24, 2.45) is 0 Å². The van der Waals surface area contributed by atoms with Crippen LogP contribution >= 0.6 is 15.9 Å². The maximum Gasteiger partial charge on any atom is 0.151 e. The highest BCUT2D eigenvalue weighted by Crippen LogP contribution is 2.24. The van der Waals surface area contributed by atoms with Crippen molar-refractivity contribution >= 4 is 22.2 Å². The minimum absolute atomic E-state index is 0.197. The number of aryl methyl sites for hydroxylation is 1. The van der Waals surface area contributed by atoms with Crippen LogP contribution in [0.2, 0.25) is 0 Å². The van der Waals surface area contributed by atoms with Crippen molar-refractivity contribution in [1.29, 1.82) is 0 Å². The average molecular weight is 215 g/mol. The molecular formula is C8H7BrO2. The van der Waals surface area contributed by atoms with E-state index in [1.54, 1.807) is 13.0 Å². The molecule has 0 aliphatic carbocycles. The third-order valence-corrected chi connectivity index (χ3v) is 2.13. The molecule has 0 fully saturated rings. The van der Waals surface area contributed by atoms with Crippen LogP contribution in [0.4, 0.5) is 0 Å². The first-order valence-electron chi connectivity index (χ1n) is 3.09. The molecule has 0 saturated heterocycles. The Labute approximate surface area is 73.0 Å². The number of phenolic OH excluding ortho intramolecular Hbond substituents is 1. The standard InChI is InChI=1S/C8H7BrO2/c1-5-2-6(4-10)7(9)3-8(5)11/h2-4,11H,1H3. The normalized spacial score (nSPS) is 9.64. The molecule has 0 amide bonds. The molecule has 1 aromatic rings. The van der Waals surface area contributed by atoms with E-state index >= 15 is 0 Å². The minimum Gasteiger partial charge on any atom is -0.508 e. The number of aldehydes is 1. The van der Waals surface area contributed by atoms with Crippen LogP contribution in [0.1, 0.15) is 15.9 Å². The molecule has 0 aliphatic rings. The summed E-state index contributed by atoms with van der Waals surface area (Å²) >= 11 is 3.15. The van der Waals surface area contributed by atoms with Gasteiger partial charge in [-0.3, -0.25) is 4.79 Å². The Morgan fingerprint density at radius 1 is 1.55 bits per heavy atom. The van der Waals surface area contributed by atoms with Crippen LogP contribution in [-0.4, -0.2) is 11.4 Å². The van der Waals surface area contributed by atoms with E-state index in [9.17, 15) is 9.90 Å².